The summed E-state index contributed by atoms with van der Waals surface area (Å²) in [5.41, 5.74) is 0.0877. The number of alkyl halides is 1. The number of hydrogen-bond donors (Lipinski definition) is 1. The zero-order valence-corrected chi connectivity index (χ0v) is 13.6. The van der Waals surface area contributed by atoms with Crippen LogP contribution in [0.5, 0.6) is 0 Å². The lowest BCUT2D eigenvalue weighted by Crippen LogP contribution is -2.52. The third-order valence-electron chi connectivity index (χ3n) is 4.09. The highest BCUT2D eigenvalue weighted by atomic mass is 79.9. The molecule has 2 unspecified atom stereocenters. The molecule has 1 aliphatic carbocycles. The van der Waals surface area contributed by atoms with Crippen LogP contribution >= 0.6 is 15.9 Å². The number of carbonyl (C=O) groups is 1. The van der Waals surface area contributed by atoms with Crippen LogP contribution in [0.15, 0.2) is 23.1 Å². The molecule has 1 aliphatic rings. The van der Waals surface area contributed by atoms with Gasteiger partial charge in [-0.15, -0.1) is 0 Å². The molecule has 2 atom stereocenters. The summed E-state index contributed by atoms with van der Waals surface area (Å²) in [4.78, 5) is 24.0. The van der Waals surface area contributed by atoms with E-state index in [4.69, 9.17) is 0 Å². The highest BCUT2D eigenvalue weighted by Crippen LogP contribution is 2.33. The Hall–Kier alpha value is -1.10. The van der Waals surface area contributed by atoms with Crippen molar-refractivity contribution in [3.8, 4) is 0 Å². The molecule has 0 saturated heterocycles. The van der Waals surface area contributed by atoms with Crippen LogP contribution in [0, 0.1) is 5.92 Å². The molecule has 1 aromatic rings. The lowest BCUT2D eigenvalue weighted by atomic mass is 9.77. The van der Waals surface area contributed by atoms with E-state index in [1.807, 2.05) is 0 Å². The second-order valence-electron chi connectivity index (χ2n) is 5.93. The minimum Gasteiger partial charge on any atom is -0.346 e. The second-order valence-corrected chi connectivity index (χ2v) is 6.49. The number of carbonyl (C=O) groups excluding carboxylic acids is 1. The molecule has 0 radical (unpaired) electrons. The van der Waals surface area contributed by atoms with Crippen molar-refractivity contribution in [1.82, 2.24) is 9.88 Å². The van der Waals surface area contributed by atoms with Crippen molar-refractivity contribution in [3.05, 3.63) is 34.2 Å². The minimum absolute atomic E-state index is 0.156. The van der Waals surface area contributed by atoms with Gasteiger partial charge < -0.3 is 9.88 Å². The van der Waals surface area contributed by atoms with Crippen LogP contribution in [0.3, 0.4) is 0 Å². The standard InChI is InChI=1S/C15H21BrN2O2/c1-11-4-3-6-15(9-11,10-16)17-14(20)12-5-7-18(2)13(19)8-12/h5,7-8,11H,3-4,6,9-10H2,1-2H3,(H,17,20). The van der Waals surface area contributed by atoms with Gasteiger partial charge in [-0.3, -0.25) is 9.59 Å². The van der Waals surface area contributed by atoms with E-state index < -0.39 is 0 Å². The normalized spacial score (nSPS) is 26.2. The average Bonchev–Trinajstić information content (AvgIpc) is 2.41. The molecule has 0 bridgehead atoms. The smallest absolute Gasteiger partial charge is 0.251 e. The lowest BCUT2D eigenvalue weighted by Gasteiger charge is -2.39. The number of aromatic nitrogens is 1. The van der Waals surface area contributed by atoms with E-state index in [-0.39, 0.29) is 17.0 Å². The number of nitrogens with one attached hydrogen (secondary N) is 1. The summed E-state index contributed by atoms with van der Waals surface area (Å²) in [6.45, 7) is 2.22. The van der Waals surface area contributed by atoms with E-state index in [2.05, 4.69) is 28.2 Å². The van der Waals surface area contributed by atoms with Crippen LogP contribution in [-0.4, -0.2) is 21.3 Å². The number of rotatable bonds is 3. The highest BCUT2D eigenvalue weighted by Gasteiger charge is 2.35. The number of halogens is 1. The van der Waals surface area contributed by atoms with Crippen molar-refractivity contribution in [3.63, 3.8) is 0 Å². The predicted molar refractivity (Wildman–Crippen MR) is 83.3 cm³/mol. The van der Waals surface area contributed by atoms with Crippen molar-refractivity contribution < 1.29 is 4.79 Å². The lowest BCUT2D eigenvalue weighted by molar-refractivity contribution is 0.0869. The SMILES string of the molecule is CC1CCCC(CBr)(NC(=O)c2ccn(C)c(=O)c2)C1. The Balaban J connectivity index is 2.16. The Morgan fingerprint density at radius 3 is 2.95 bits per heavy atom. The molecule has 0 aliphatic heterocycles. The van der Waals surface area contributed by atoms with Gasteiger partial charge >= 0.3 is 0 Å². The average molecular weight is 341 g/mol. The topological polar surface area (TPSA) is 51.1 Å². The predicted octanol–water partition coefficient (Wildman–Crippen LogP) is 2.46. The van der Waals surface area contributed by atoms with Gasteiger partial charge in [-0.1, -0.05) is 35.7 Å². The Morgan fingerprint density at radius 2 is 2.35 bits per heavy atom. The molecule has 5 heteroatoms. The van der Waals surface area contributed by atoms with E-state index >= 15 is 0 Å². The molecule has 1 amide bonds. The summed E-state index contributed by atoms with van der Waals surface area (Å²) in [7, 11) is 1.67. The summed E-state index contributed by atoms with van der Waals surface area (Å²) in [6.07, 6.45) is 5.94. The fourth-order valence-electron chi connectivity index (χ4n) is 2.93. The molecule has 1 fully saturated rings. The van der Waals surface area contributed by atoms with E-state index in [1.54, 1.807) is 19.3 Å². The minimum atomic E-state index is -0.185. The van der Waals surface area contributed by atoms with Crippen molar-refractivity contribution >= 4 is 21.8 Å². The molecule has 2 rings (SSSR count). The van der Waals surface area contributed by atoms with Crippen molar-refractivity contribution in [2.24, 2.45) is 13.0 Å². The molecule has 4 nitrogen and oxygen atoms in total. The molecule has 0 aromatic carbocycles. The van der Waals surface area contributed by atoms with Crippen molar-refractivity contribution in [2.45, 2.75) is 38.1 Å². The first-order valence-electron chi connectivity index (χ1n) is 7.01. The maximum absolute atomic E-state index is 12.4. The van der Waals surface area contributed by atoms with Crippen LogP contribution in [0.4, 0.5) is 0 Å². The first kappa shape index (κ1) is 15.3. The number of amides is 1. The fourth-order valence-corrected chi connectivity index (χ4v) is 3.58. The summed E-state index contributed by atoms with van der Waals surface area (Å²) in [6, 6.07) is 3.08. The summed E-state index contributed by atoms with van der Waals surface area (Å²) in [5.74, 6) is 0.460. The van der Waals surface area contributed by atoms with E-state index in [0.717, 1.165) is 24.6 Å². The van der Waals surface area contributed by atoms with Gasteiger partial charge in [0.15, 0.2) is 0 Å². The van der Waals surface area contributed by atoms with E-state index in [0.29, 0.717) is 11.5 Å². The summed E-state index contributed by atoms with van der Waals surface area (Å²) in [5, 5.41) is 3.89. The molecule has 110 valence electrons. The quantitative estimate of drug-likeness (QED) is 0.859. The van der Waals surface area contributed by atoms with E-state index in [9.17, 15) is 9.59 Å². The molecule has 20 heavy (non-hydrogen) atoms. The fraction of sp³-hybridized carbons (Fsp3) is 0.600. The van der Waals surface area contributed by atoms with Crippen molar-refractivity contribution in [2.75, 3.05) is 5.33 Å². The zero-order valence-electron chi connectivity index (χ0n) is 12.0. The van der Waals surface area contributed by atoms with Gasteiger partial charge in [0.25, 0.3) is 11.5 Å². The van der Waals surface area contributed by atoms with Crippen LogP contribution in [0.1, 0.15) is 43.0 Å². The number of hydrogen-bond acceptors (Lipinski definition) is 2. The summed E-state index contributed by atoms with van der Waals surface area (Å²) >= 11 is 3.54. The Bertz CT molecular complexity index is 555. The van der Waals surface area contributed by atoms with Crippen LogP contribution in [0.25, 0.3) is 0 Å². The molecule has 1 saturated carbocycles. The maximum atomic E-state index is 12.4. The number of pyridine rings is 1. The molecular formula is C15H21BrN2O2. The third kappa shape index (κ3) is 3.32. The monoisotopic (exact) mass is 340 g/mol. The van der Waals surface area contributed by atoms with Gasteiger partial charge in [-0.05, 0) is 24.8 Å². The van der Waals surface area contributed by atoms with Crippen LogP contribution in [0.2, 0.25) is 0 Å². The molecule has 1 aromatic heterocycles. The van der Waals surface area contributed by atoms with Gasteiger partial charge in [-0.25, -0.2) is 0 Å². The zero-order chi connectivity index (χ0) is 14.8. The number of aryl methyl sites for hydroxylation is 1. The second kappa shape index (κ2) is 6.12. The molecule has 0 spiro atoms. The summed E-state index contributed by atoms with van der Waals surface area (Å²) < 4.78 is 1.46. The van der Waals surface area contributed by atoms with Gasteiger partial charge in [0, 0.05) is 30.2 Å². The number of nitrogens with zero attached hydrogens (tertiary/aromatic N) is 1. The van der Waals surface area contributed by atoms with Gasteiger partial charge in [-0.2, -0.15) is 0 Å². The van der Waals surface area contributed by atoms with Crippen LogP contribution in [-0.2, 0) is 7.05 Å². The Labute approximate surface area is 127 Å². The maximum Gasteiger partial charge on any atom is 0.251 e. The third-order valence-corrected chi connectivity index (χ3v) is 5.17. The van der Waals surface area contributed by atoms with E-state index in [1.165, 1.54) is 17.1 Å². The van der Waals surface area contributed by atoms with Gasteiger partial charge in [0.2, 0.25) is 0 Å². The molecular weight excluding hydrogens is 320 g/mol. The largest absolute Gasteiger partial charge is 0.346 e. The molecule has 1 N–H and O–H groups in total. The first-order valence-corrected chi connectivity index (χ1v) is 8.13. The van der Waals surface area contributed by atoms with Gasteiger partial charge in [0.1, 0.15) is 0 Å². The Morgan fingerprint density at radius 1 is 1.60 bits per heavy atom. The first-order chi connectivity index (χ1) is 9.46. The molecule has 1 heterocycles. The Kier molecular flexibility index (Phi) is 4.68. The van der Waals surface area contributed by atoms with Crippen LogP contribution < -0.4 is 10.9 Å². The van der Waals surface area contributed by atoms with Crippen molar-refractivity contribution in [1.29, 1.82) is 0 Å². The van der Waals surface area contributed by atoms with Gasteiger partial charge in [0.05, 0.1) is 5.54 Å². The highest BCUT2D eigenvalue weighted by molar-refractivity contribution is 9.09.